The van der Waals surface area contributed by atoms with Gasteiger partial charge in [-0.2, -0.15) is 0 Å². The highest BCUT2D eigenvalue weighted by molar-refractivity contribution is 6.17. The van der Waals surface area contributed by atoms with E-state index in [0.717, 1.165) is 44.6 Å². The summed E-state index contributed by atoms with van der Waals surface area (Å²) >= 11 is 5.63. The maximum Gasteiger partial charge on any atom is 0.305 e. The molecule has 0 fully saturated rings. The van der Waals surface area contributed by atoms with Crippen molar-refractivity contribution in [3.8, 4) is 0 Å². The zero-order chi connectivity index (χ0) is 20.5. The van der Waals surface area contributed by atoms with Gasteiger partial charge in [0, 0.05) is 18.9 Å². The predicted octanol–water partition coefficient (Wildman–Crippen LogP) is 7.83. The van der Waals surface area contributed by atoms with Crippen molar-refractivity contribution in [1.82, 2.24) is 0 Å². The Morgan fingerprint density at radius 3 is 1.68 bits per heavy atom. The maximum absolute atomic E-state index is 11.7. The van der Waals surface area contributed by atoms with Crippen molar-refractivity contribution in [2.75, 3.05) is 25.7 Å². The molecule has 0 spiro atoms. The molecule has 0 heterocycles. The van der Waals surface area contributed by atoms with Gasteiger partial charge in [-0.05, 0) is 19.3 Å². The first-order chi connectivity index (χ1) is 13.8. The smallest absolute Gasteiger partial charge is 0.305 e. The molecule has 0 aliphatic heterocycles. The lowest BCUT2D eigenvalue weighted by Gasteiger charge is -2.06. The number of unbranched alkanes of at least 4 members (excludes halogenated alkanes) is 15. The van der Waals surface area contributed by atoms with Gasteiger partial charge in [-0.3, -0.25) is 4.79 Å². The summed E-state index contributed by atoms with van der Waals surface area (Å²) in [4.78, 5) is 11.7. The quantitative estimate of drug-likeness (QED) is 0.0962. The van der Waals surface area contributed by atoms with E-state index in [1.807, 2.05) is 0 Å². The zero-order valence-corrected chi connectivity index (χ0v) is 19.4. The van der Waals surface area contributed by atoms with Crippen molar-refractivity contribution in [3.63, 3.8) is 0 Å². The fourth-order valence-electron chi connectivity index (χ4n) is 3.33. The topological polar surface area (TPSA) is 35.5 Å². The third-order valence-electron chi connectivity index (χ3n) is 5.15. The Labute approximate surface area is 180 Å². The van der Waals surface area contributed by atoms with Gasteiger partial charge < -0.3 is 9.47 Å². The van der Waals surface area contributed by atoms with E-state index in [1.54, 1.807) is 0 Å². The summed E-state index contributed by atoms with van der Waals surface area (Å²) < 4.78 is 10.7. The van der Waals surface area contributed by atoms with Crippen LogP contribution in [0.2, 0.25) is 0 Å². The molecule has 4 heteroatoms. The van der Waals surface area contributed by atoms with Crippen LogP contribution in [0, 0.1) is 0 Å². The molecule has 0 atom stereocenters. The molecular formula is C24H47ClO3. The summed E-state index contributed by atoms with van der Waals surface area (Å²) in [5.41, 5.74) is 0. The molecular weight excluding hydrogens is 372 g/mol. The highest BCUT2D eigenvalue weighted by atomic mass is 35.5. The molecule has 0 aliphatic carbocycles. The molecule has 0 rings (SSSR count). The van der Waals surface area contributed by atoms with Crippen LogP contribution in [0.25, 0.3) is 0 Å². The van der Waals surface area contributed by atoms with Gasteiger partial charge in [0.1, 0.15) is 6.61 Å². The van der Waals surface area contributed by atoms with Crippen LogP contribution in [0.15, 0.2) is 0 Å². The summed E-state index contributed by atoms with van der Waals surface area (Å²) in [6, 6.07) is 0. The number of ether oxygens (including phenoxy) is 2. The molecule has 3 nitrogen and oxygen atoms in total. The number of rotatable bonds is 23. The molecule has 0 N–H and O–H groups in total. The van der Waals surface area contributed by atoms with Gasteiger partial charge in [0.05, 0.1) is 6.61 Å². The Morgan fingerprint density at radius 2 is 1.11 bits per heavy atom. The Bertz CT molecular complexity index is 310. The van der Waals surface area contributed by atoms with E-state index in [1.165, 1.54) is 77.0 Å². The number of esters is 1. The lowest BCUT2D eigenvalue weighted by Crippen LogP contribution is -2.10. The highest BCUT2D eigenvalue weighted by Gasteiger charge is 2.02. The number of alkyl halides is 1. The van der Waals surface area contributed by atoms with E-state index < -0.39 is 0 Å². The molecule has 0 aromatic carbocycles. The van der Waals surface area contributed by atoms with Crippen LogP contribution in [0.3, 0.4) is 0 Å². The molecule has 0 amide bonds. The second-order valence-corrected chi connectivity index (χ2v) is 8.31. The van der Waals surface area contributed by atoms with Gasteiger partial charge in [0.2, 0.25) is 0 Å². The van der Waals surface area contributed by atoms with Crippen LogP contribution < -0.4 is 0 Å². The lowest BCUT2D eigenvalue weighted by atomic mass is 10.0. The summed E-state index contributed by atoms with van der Waals surface area (Å²) in [6.07, 6.45) is 22.2. The minimum absolute atomic E-state index is 0.0752. The number of hydrogen-bond donors (Lipinski definition) is 0. The number of carbonyl (C=O) groups is 1. The van der Waals surface area contributed by atoms with Crippen LogP contribution in [-0.2, 0) is 14.3 Å². The first kappa shape index (κ1) is 27.7. The third-order valence-corrected chi connectivity index (χ3v) is 5.41. The van der Waals surface area contributed by atoms with Gasteiger partial charge in [-0.1, -0.05) is 96.8 Å². The molecule has 0 saturated heterocycles. The van der Waals surface area contributed by atoms with Gasteiger partial charge in [-0.15, -0.1) is 11.6 Å². The van der Waals surface area contributed by atoms with Crippen molar-refractivity contribution in [2.24, 2.45) is 0 Å². The SMILES string of the molecule is CCCCCCCCCCCCCCCC(=O)OCCOCCCCCCCl. The van der Waals surface area contributed by atoms with Crippen LogP contribution >= 0.6 is 11.6 Å². The zero-order valence-electron chi connectivity index (χ0n) is 18.7. The minimum Gasteiger partial charge on any atom is -0.463 e. The van der Waals surface area contributed by atoms with E-state index >= 15 is 0 Å². The first-order valence-corrected chi connectivity index (χ1v) is 12.6. The molecule has 28 heavy (non-hydrogen) atoms. The molecule has 0 aliphatic rings. The molecule has 168 valence electrons. The van der Waals surface area contributed by atoms with E-state index in [9.17, 15) is 4.79 Å². The summed E-state index contributed by atoms with van der Waals surface area (Å²) in [5.74, 6) is 0.671. The average Bonchev–Trinajstić information content (AvgIpc) is 2.70. The number of carbonyl (C=O) groups excluding carboxylic acids is 1. The summed E-state index contributed by atoms with van der Waals surface area (Å²) in [7, 11) is 0. The van der Waals surface area contributed by atoms with Gasteiger partial charge in [0.15, 0.2) is 0 Å². The van der Waals surface area contributed by atoms with E-state index in [-0.39, 0.29) is 5.97 Å². The Hall–Kier alpha value is -0.280. The van der Waals surface area contributed by atoms with Crippen LogP contribution in [0.5, 0.6) is 0 Å². The van der Waals surface area contributed by atoms with Crippen molar-refractivity contribution in [1.29, 1.82) is 0 Å². The molecule has 0 aromatic rings. The molecule has 0 bridgehead atoms. The van der Waals surface area contributed by atoms with Crippen molar-refractivity contribution in [3.05, 3.63) is 0 Å². The van der Waals surface area contributed by atoms with Crippen molar-refractivity contribution >= 4 is 17.6 Å². The van der Waals surface area contributed by atoms with E-state index in [2.05, 4.69) is 6.92 Å². The number of halogens is 1. The minimum atomic E-state index is -0.0752. The predicted molar refractivity (Wildman–Crippen MR) is 121 cm³/mol. The largest absolute Gasteiger partial charge is 0.463 e. The standard InChI is InChI=1S/C24H47ClO3/c1-2-3-4-5-6-7-8-9-10-11-12-13-16-19-24(26)28-23-22-27-21-18-15-14-17-20-25/h2-23H2,1H3. The Kier molecular flexibility index (Phi) is 24.5. The van der Waals surface area contributed by atoms with Crippen LogP contribution in [0.1, 0.15) is 122 Å². The fraction of sp³-hybridized carbons (Fsp3) is 0.958. The maximum atomic E-state index is 11.7. The number of hydrogen-bond acceptors (Lipinski definition) is 3. The van der Waals surface area contributed by atoms with Crippen molar-refractivity contribution in [2.45, 2.75) is 122 Å². The fourth-order valence-corrected chi connectivity index (χ4v) is 3.52. The summed E-state index contributed by atoms with van der Waals surface area (Å²) in [5, 5.41) is 0. The summed E-state index contributed by atoms with van der Waals surface area (Å²) in [6.45, 7) is 3.92. The van der Waals surface area contributed by atoms with Gasteiger partial charge >= 0.3 is 5.97 Å². The van der Waals surface area contributed by atoms with Crippen LogP contribution in [-0.4, -0.2) is 31.7 Å². The van der Waals surface area contributed by atoms with Gasteiger partial charge in [0.25, 0.3) is 0 Å². The molecule has 0 aromatic heterocycles. The Balaban J connectivity index is 3.13. The Morgan fingerprint density at radius 1 is 0.607 bits per heavy atom. The highest BCUT2D eigenvalue weighted by Crippen LogP contribution is 2.13. The second-order valence-electron chi connectivity index (χ2n) is 7.93. The van der Waals surface area contributed by atoms with Crippen LogP contribution in [0.4, 0.5) is 0 Å². The lowest BCUT2D eigenvalue weighted by molar-refractivity contribution is -0.145. The van der Waals surface area contributed by atoms with E-state index in [0.29, 0.717) is 19.6 Å². The normalized spacial score (nSPS) is 11.1. The first-order valence-electron chi connectivity index (χ1n) is 12.1. The van der Waals surface area contributed by atoms with E-state index in [4.69, 9.17) is 21.1 Å². The van der Waals surface area contributed by atoms with Crippen molar-refractivity contribution < 1.29 is 14.3 Å². The average molecular weight is 419 g/mol. The molecule has 0 radical (unpaired) electrons. The van der Waals surface area contributed by atoms with Gasteiger partial charge in [-0.25, -0.2) is 0 Å². The molecule has 0 unspecified atom stereocenters. The second kappa shape index (κ2) is 24.8. The molecule has 0 saturated carbocycles. The third kappa shape index (κ3) is 23.8. The monoisotopic (exact) mass is 418 g/mol.